The van der Waals surface area contributed by atoms with Crippen LogP contribution in [0.2, 0.25) is 0 Å². The lowest BCUT2D eigenvalue weighted by molar-refractivity contribution is -0.139. The van der Waals surface area contributed by atoms with Crippen LogP contribution in [0.4, 0.5) is 0 Å². The van der Waals surface area contributed by atoms with Gasteiger partial charge in [0.25, 0.3) is 5.91 Å². The van der Waals surface area contributed by atoms with Gasteiger partial charge in [-0.2, -0.15) is 0 Å². The maximum Gasteiger partial charge on any atom is 0.255 e. The van der Waals surface area contributed by atoms with Crippen LogP contribution in [0.5, 0.6) is 0 Å². The fourth-order valence-corrected chi connectivity index (χ4v) is 2.95. The second kappa shape index (κ2) is 6.32. The molecule has 5 nitrogen and oxygen atoms in total. The van der Waals surface area contributed by atoms with Crippen molar-refractivity contribution in [3.63, 3.8) is 0 Å². The van der Waals surface area contributed by atoms with Gasteiger partial charge in [-0.3, -0.25) is 9.59 Å². The van der Waals surface area contributed by atoms with Gasteiger partial charge in [0.05, 0.1) is 0 Å². The minimum Gasteiger partial charge on any atom is -0.354 e. The first-order valence-corrected chi connectivity index (χ1v) is 7.62. The van der Waals surface area contributed by atoms with E-state index in [1.54, 1.807) is 11.0 Å². The van der Waals surface area contributed by atoms with Gasteiger partial charge in [-0.25, -0.2) is 0 Å². The minimum atomic E-state index is -0.449. The van der Waals surface area contributed by atoms with Crippen molar-refractivity contribution >= 4 is 11.8 Å². The van der Waals surface area contributed by atoms with Gasteiger partial charge in [-0.1, -0.05) is 36.4 Å². The molecule has 2 aliphatic heterocycles. The normalized spacial score (nSPS) is 26.5. The number of nitrogens with one attached hydrogen (secondary N) is 1. The van der Waals surface area contributed by atoms with Crippen LogP contribution in [0.15, 0.2) is 43.0 Å². The molecule has 2 fully saturated rings. The van der Waals surface area contributed by atoms with Crippen molar-refractivity contribution in [1.29, 1.82) is 0 Å². The number of hydrogen-bond acceptors (Lipinski definition) is 3. The molecule has 0 bridgehead atoms. The van der Waals surface area contributed by atoms with Crippen LogP contribution in [0, 0.1) is 0 Å². The van der Waals surface area contributed by atoms with Crippen LogP contribution in [-0.2, 0) is 14.3 Å². The standard InChI is InChI=1S/C17H20N2O3/c1-2-10-18-16(20)13-9-6-11-19(13)17(21)15-14(22-15)12-7-4-3-5-8-12/h2-5,7-8,13-15H,1,6,9-11H2,(H,18,20)/t13-,14+,15+/m0/s1. The number of nitrogens with zero attached hydrogens (tertiary/aromatic N) is 1. The quantitative estimate of drug-likeness (QED) is 0.661. The molecule has 3 rings (SSSR count). The summed E-state index contributed by atoms with van der Waals surface area (Å²) in [6.45, 7) is 4.62. The van der Waals surface area contributed by atoms with Crippen LogP contribution in [0.1, 0.15) is 24.5 Å². The van der Waals surface area contributed by atoms with Gasteiger partial charge in [-0.05, 0) is 18.4 Å². The van der Waals surface area contributed by atoms with Gasteiger partial charge in [0, 0.05) is 13.1 Å². The summed E-state index contributed by atoms with van der Waals surface area (Å²) in [7, 11) is 0. The zero-order valence-electron chi connectivity index (χ0n) is 12.4. The Morgan fingerprint density at radius 3 is 2.86 bits per heavy atom. The summed E-state index contributed by atoms with van der Waals surface area (Å²) < 4.78 is 5.55. The Morgan fingerprint density at radius 2 is 2.14 bits per heavy atom. The number of ether oxygens (including phenoxy) is 1. The second-order valence-corrected chi connectivity index (χ2v) is 5.61. The molecule has 1 aromatic rings. The van der Waals surface area contributed by atoms with Crippen LogP contribution < -0.4 is 5.32 Å². The van der Waals surface area contributed by atoms with E-state index in [9.17, 15) is 9.59 Å². The first-order valence-electron chi connectivity index (χ1n) is 7.62. The first-order chi connectivity index (χ1) is 10.7. The molecular formula is C17H20N2O3. The molecule has 2 amide bonds. The molecule has 1 aromatic carbocycles. The Labute approximate surface area is 129 Å². The molecule has 0 unspecified atom stereocenters. The van der Waals surface area contributed by atoms with E-state index in [1.165, 1.54) is 0 Å². The molecule has 0 spiro atoms. The fourth-order valence-electron chi connectivity index (χ4n) is 2.95. The Kier molecular flexibility index (Phi) is 4.24. The summed E-state index contributed by atoms with van der Waals surface area (Å²) in [5.41, 5.74) is 1.01. The van der Waals surface area contributed by atoms with Crippen molar-refractivity contribution in [2.75, 3.05) is 13.1 Å². The van der Waals surface area contributed by atoms with Gasteiger partial charge in [0.15, 0.2) is 6.10 Å². The van der Waals surface area contributed by atoms with Crippen LogP contribution in [0.3, 0.4) is 0 Å². The molecule has 2 heterocycles. The third-order valence-electron chi connectivity index (χ3n) is 4.12. The second-order valence-electron chi connectivity index (χ2n) is 5.61. The molecule has 2 saturated heterocycles. The topological polar surface area (TPSA) is 61.9 Å². The molecule has 22 heavy (non-hydrogen) atoms. The lowest BCUT2D eigenvalue weighted by Crippen LogP contribution is -2.47. The first kappa shape index (κ1) is 14.8. The Bertz CT molecular complexity index is 573. The third kappa shape index (κ3) is 2.90. The van der Waals surface area contributed by atoms with E-state index in [4.69, 9.17) is 4.74 Å². The average molecular weight is 300 g/mol. The lowest BCUT2D eigenvalue weighted by Gasteiger charge is -2.23. The predicted octanol–water partition coefficient (Wildman–Crippen LogP) is 1.42. The van der Waals surface area contributed by atoms with Crippen molar-refractivity contribution in [1.82, 2.24) is 10.2 Å². The maximum atomic E-state index is 12.6. The molecule has 2 aliphatic rings. The molecule has 0 saturated carbocycles. The summed E-state index contributed by atoms with van der Waals surface area (Å²) >= 11 is 0. The van der Waals surface area contributed by atoms with E-state index >= 15 is 0 Å². The number of carbonyl (C=O) groups excluding carboxylic acids is 2. The van der Waals surface area contributed by atoms with Crippen molar-refractivity contribution in [3.05, 3.63) is 48.6 Å². The van der Waals surface area contributed by atoms with Crippen LogP contribution in [-0.4, -0.2) is 41.9 Å². The predicted molar refractivity (Wildman–Crippen MR) is 82.0 cm³/mol. The summed E-state index contributed by atoms with van der Waals surface area (Å²) in [5.74, 6) is -0.187. The zero-order chi connectivity index (χ0) is 15.5. The summed E-state index contributed by atoms with van der Waals surface area (Å²) in [6.07, 6.45) is 2.56. The SMILES string of the molecule is C=CCNC(=O)[C@@H]1CCCN1C(=O)[C@@H]1O[C@@H]1c1ccccc1. The lowest BCUT2D eigenvalue weighted by atomic mass is 10.1. The van der Waals surface area contributed by atoms with Gasteiger partial charge >= 0.3 is 0 Å². The van der Waals surface area contributed by atoms with E-state index in [-0.39, 0.29) is 24.0 Å². The van der Waals surface area contributed by atoms with E-state index < -0.39 is 6.10 Å². The highest BCUT2D eigenvalue weighted by Gasteiger charge is 2.50. The van der Waals surface area contributed by atoms with Gasteiger partial charge in [-0.15, -0.1) is 6.58 Å². The van der Waals surface area contributed by atoms with Crippen molar-refractivity contribution < 1.29 is 14.3 Å². The van der Waals surface area contributed by atoms with Crippen molar-refractivity contribution in [2.45, 2.75) is 31.1 Å². The molecule has 116 valence electrons. The molecule has 5 heteroatoms. The third-order valence-corrected chi connectivity index (χ3v) is 4.12. The Morgan fingerprint density at radius 1 is 1.36 bits per heavy atom. The largest absolute Gasteiger partial charge is 0.354 e. The van der Waals surface area contributed by atoms with Gasteiger partial charge < -0.3 is 15.0 Å². The van der Waals surface area contributed by atoms with Crippen LogP contribution in [0.25, 0.3) is 0 Å². The molecule has 1 N–H and O–H groups in total. The van der Waals surface area contributed by atoms with Gasteiger partial charge in [0.1, 0.15) is 12.1 Å². The Hall–Kier alpha value is -2.14. The molecule has 0 aliphatic carbocycles. The molecule has 3 atom stereocenters. The van der Waals surface area contributed by atoms with E-state index in [0.29, 0.717) is 19.5 Å². The van der Waals surface area contributed by atoms with Gasteiger partial charge in [0.2, 0.25) is 5.91 Å². The number of epoxide rings is 1. The highest BCUT2D eigenvalue weighted by atomic mass is 16.6. The van der Waals surface area contributed by atoms with Crippen molar-refractivity contribution in [3.8, 4) is 0 Å². The summed E-state index contributed by atoms with van der Waals surface area (Å²) in [5, 5.41) is 2.77. The van der Waals surface area contributed by atoms with E-state index in [0.717, 1.165) is 12.0 Å². The summed E-state index contributed by atoms with van der Waals surface area (Å²) in [4.78, 5) is 26.4. The van der Waals surface area contributed by atoms with E-state index in [1.807, 2.05) is 30.3 Å². The summed E-state index contributed by atoms with van der Waals surface area (Å²) in [6, 6.07) is 9.32. The fraction of sp³-hybridized carbons (Fsp3) is 0.412. The van der Waals surface area contributed by atoms with Crippen molar-refractivity contribution in [2.24, 2.45) is 0 Å². The number of carbonyl (C=O) groups is 2. The van der Waals surface area contributed by atoms with Crippen LogP contribution >= 0.6 is 0 Å². The highest BCUT2D eigenvalue weighted by molar-refractivity contribution is 5.91. The number of amides is 2. The minimum absolute atomic E-state index is 0.0786. The zero-order valence-corrected chi connectivity index (χ0v) is 12.4. The average Bonchev–Trinajstić information content (AvgIpc) is 3.21. The monoisotopic (exact) mass is 300 g/mol. The maximum absolute atomic E-state index is 12.6. The highest BCUT2D eigenvalue weighted by Crippen LogP contribution is 2.40. The Balaban J connectivity index is 1.63. The number of hydrogen-bond donors (Lipinski definition) is 1. The molecule has 0 aromatic heterocycles. The molecule has 0 radical (unpaired) electrons. The number of rotatable bonds is 5. The smallest absolute Gasteiger partial charge is 0.255 e. The number of likely N-dealkylation sites (tertiary alicyclic amines) is 1. The molecular weight excluding hydrogens is 280 g/mol. The van der Waals surface area contributed by atoms with E-state index in [2.05, 4.69) is 11.9 Å². The number of benzene rings is 1.